The normalized spacial score (nSPS) is 12.5. The van der Waals surface area contributed by atoms with Gasteiger partial charge in [0.1, 0.15) is 18.0 Å². The summed E-state index contributed by atoms with van der Waals surface area (Å²) >= 11 is 6.40. The van der Waals surface area contributed by atoms with Gasteiger partial charge in [-0.15, -0.1) is 0 Å². The highest BCUT2D eigenvalue weighted by Crippen LogP contribution is 2.31. The van der Waals surface area contributed by atoms with E-state index in [1.165, 1.54) is 25.0 Å². The lowest BCUT2D eigenvalue weighted by molar-refractivity contribution is 0.521. The average molecular weight is 561 g/mol. The number of hydrogen-bond acceptors (Lipinski definition) is 7. The predicted octanol–water partition coefficient (Wildman–Crippen LogP) is 4.92. The van der Waals surface area contributed by atoms with Crippen LogP contribution in [0.5, 0.6) is 0 Å². The Bertz CT molecular complexity index is 1840. The Morgan fingerprint density at radius 3 is 2.49 bits per heavy atom. The van der Waals surface area contributed by atoms with Crippen molar-refractivity contribution in [2.45, 2.75) is 17.9 Å². The lowest BCUT2D eigenvalue weighted by Crippen LogP contribution is -2.27. The zero-order valence-corrected chi connectivity index (χ0v) is 23.0. The van der Waals surface area contributed by atoms with E-state index in [4.69, 9.17) is 16.6 Å². The van der Waals surface area contributed by atoms with Gasteiger partial charge in [-0.1, -0.05) is 48.0 Å². The molecule has 2 aromatic heterocycles. The molecule has 0 fully saturated rings. The van der Waals surface area contributed by atoms with E-state index in [0.717, 1.165) is 4.31 Å². The zero-order valence-electron chi connectivity index (χ0n) is 21.4. The Morgan fingerprint density at radius 2 is 1.74 bits per heavy atom. The van der Waals surface area contributed by atoms with Gasteiger partial charge in [0.05, 0.1) is 32.6 Å². The Balaban J connectivity index is 1.62. The second-order valence-electron chi connectivity index (χ2n) is 9.05. The monoisotopic (exact) mass is 560 g/mol. The van der Waals surface area contributed by atoms with Crippen LogP contribution in [-0.4, -0.2) is 46.3 Å². The molecule has 0 amide bonds. The molecular formula is C28H25ClN6O3S. The van der Waals surface area contributed by atoms with Gasteiger partial charge in [-0.05, 0) is 48.9 Å². The number of anilines is 1. The van der Waals surface area contributed by atoms with E-state index in [2.05, 4.69) is 15.3 Å². The summed E-state index contributed by atoms with van der Waals surface area (Å²) in [6.45, 7) is 1.87. The molecule has 11 heteroatoms. The molecule has 0 saturated heterocycles. The van der Waals surface area contributed by atoms with Crippen molar-refractivity contribution >= 4 is 38.3 Å². The zero-order chi connectivity index (χ0) is 27.7. The van der Waals surface area contributed by atoms with Gasteiger partial charge in [-0.25, -0.2) is 27.7 Å². The summed E-state index contributed by atoms with van der Waals surface area (Å²) in [6.07, 6.45) is 3.01. The third-order valence-electron chi connectivity index (χ3n) is 6.26. The average Bonchev–Trinajstić information content (AvgIpc) is 2.93. The van der Waals surface area contributed by atoms with E-state index in [1.54, 1.807) is 48.7 Å². The van der Waals surface area contributed by atoms with Gasteiger partial charge >= 0.3 is 0 Å². The third-order valence-corrected chi connectivity index (χ3v) is 8.39. The van der Waals surface area contributed by atoms with Crippen LogP contribution in [0.4, 0.5) is 5.82 Å². The van der Waals surface area contributed by atoms with Crippen LogP contribution in [0.1, 0.15) is 18.8 Å². The Labute approximate surface area is 230 Å². The first-order valence-corrected chi connectivity index (χ1v) is 13.9. The van der Waals surface area contributed by atoms with Crippen LogP contribution in [0.15, 0.2) is 95.0 Å². The van der Waals surface area contributed by atoms with Crippen LogP contribution in [0.3, 0.4) is 0 Å². The molecule has 0 unspecified atom stereocenters. The Hall–Kier alpha value is -4.12. The highest BCUT2D eigenvalue weighted by Gasteiger charge is 2.22. The second-order valence-corrected chi connectivity index (χ2v) is 11.6. The van der Waals surface area contributed by atoms with Crippen molar-refractivity contribution in [1.29, 1.82) is 0 Å². The number of halogens is 1. The largest absolute Gasteiger partial charge is 0.360 e. The Kier molecular flexibility index (Phi) is 7.17. The minimum Gasteiger partial charge on any atom is -0.360 e. The van der Waals surface area contributed by atoms with Crippen molar-refractivity contribution in [2.75, 3.05) is 19.4 Å². The SMILES string of the molecule is C[C@@H](Nc1ncncc1-c1cccc(S(=O)(=O)N(C)C)c1)c1nc2cccc(Cl)c2c(=O)n1-c1ccccc1. The molecule has 0 aliphatic rings. The molecule has 198 valence electrons. The van der Waals surface area contributed by atoms with Gasteiger partial charge in [0.2, 0.25) is 10.0 Å². The molecule has 0 aliphatic carbocycles. The molecule has 1 N–H and O–H groups in total. The quantitative estimate of drug-likeness (QED) is 0.301. The highest BCUT2D eigenvalue weighted by molar-refractivity contribution is 7.89. The first kappa shape index (κ1) is 26.5. The topological polar surface area (TPSA) is 110 Å². The predicted molar refractivity (Wildman–Crippen MR) is 153 cm³/mol. The number of fused-ring (bicyclic) bond motifs is 1. The maximum absolute atomic E-state index is 13.7. The third kappa shape index (κ3) is 5.01. The minimum absolute atomic E-state index is 0.152. The van der Waals surface area contributed by atoms with E-state index < -0.39 is 16.1 Å². The maximum atomic E-state index is 13.7. The summed E-state index contributed by atoms with van der Waals surface area (Å²) in [7, 11) is -0.670. The van der Waals surface area contributed by atoms with E-state index in [9.17, 15) is 13.2 Å². The van der Waals surface area contributed by atoms with E-state index in [1.807, 2.05) is 37.3 Å². The summed E-state index contributed by atoms with van der Waals surface area (Å²) in [4.78, 5) is 27.3. The summed E-state index contributed by atoms with van der Waals surface area (Å²) in [5, 5.41) is 4.02. The smallest absolute Gasteiger partial charge is 0.267 e. The number of aromatic nitrogens is 4. The van der Waals surface area contributed by atoms with Gasteiger partial charge in [-0.2, -0.15) is 0 Å². The molecule has 5 aromatic rings. The van der Waals surface area contributed by atoms with E-state index in [0.29, 0.717) is 44.4 Å². The van der Waals surface area contributed by atoms with Crippen molar-refractivity contribution < 1.29 is 8.42 Å². The molecule has 0 radical (unpaired) electrons. The standard InChI is InChI=1S/C28H25ClN6O3S/c1-18(27-33-24-14-8-13-23(29)25(24)28(36)35(27)20-10-5-4-6-11-20)32-26-22(16-30-17-31-26)19-9-7-12-21(15-19)39(37,38)34(2)3/h4-18H,1-3H3,(H,30,31,32)/t18-/m1/s1. The molecule has 0 aliphatic heterocycles. The van der Waals surface area contributed by atoms with Crippen LogP contribution in [0.25, 0.3) is 27.7 Å². The molecule has 1 atom stereocenters. The lowest BCUT2D eigenvalue weighted by Gasteiger charge is -2.21. The number of nitrogens with zero attached hydrogens (tertiary/aromatic N) is 5. The molecule has 0 spiro atoms. The molecule has 0 bridgehead atoms. The second kappa shape index (κ2) is 10.6. The van der Waals surface area contributed by atoms with Gasteiger partial charge < -0.3 is 5.32 Å². The molecule has 3 aromatic carbocycles. The van der Waals surface area contributed by atoms with Crippen LogP contribution in [0.2, 0.25) is 5.02 Å². The van der Waals surface area contributed by atoms with Crippen molar-refractivity contribution in [1.82, 2.24) is 23.8 Å². The minimum atomic E-state index is -3.64. The highest BCUT2D eigenvalue weighted by atomic mass is 35.5. The van der Waals surface area contributed by atoms with Crippen LogP contribution in [0, 0.1) is 0 Å². The van der Waals surface area contributed by atoms with Crippen molar-refractivity contribution in [2.24, 2.45) is 0 Å². The van der Waals surface area contributed by atoms with Gasteiger partial charge in [0, 0.05) is 25.9 Å². The number of sulfonamides is 1. The summed E-state index contributed by atoms with van der Waals surface area (Å²) in [5.74, 6) is 0.909. The molecule has 5 rings (SSSR count). The van der Waals surface area contributed by atoms with Crippen molar-refractivity contribution in [3.05, 3.63) is 107 Å². The van der Waals surface area contributed by atoms with Crippen molar-refractivity contribution in [3.63, 3.8) is 0 Å². The number of hydrogen-bond donors (Lipinski definition) is 1. The number of benzene rings is 3. The molecule has 0 saturated carbocycles. The summed E-state index contributed by atoms with van der Waals surface area (Å²) in [5.41, 5.74) is 2.05. The number of para-hydroxylation sites is 1. The van der Waals surface area contributed by atoms with Gasteiger partial charge in [0.15, 0.2) is 0 Å². The van der Waals surface area contributed by atoms with E-state index in [-0.39, 0.29) is 10.5 Å². The van der Waals surface area contributed by atoms with Gasteiger partial charge in [-0.3, -0.25) is 9.36 Å². The van der Waals surface area contributed by atoms with Crippen LogP contribution < -0.4 is 10.9 Å². The van der Waals surface area contributed by atoms with Crippen LogP contribution >= 0.6 is 11.6 Å². The van der Waals surface area contributed by atoms with Crippen molar-refractivity contribution in [3.8, 4) is 16.8 Å². The fourth-order valence-corrected chi connectivity index (χ4v) is 5.48. The summed E-state index contributed by atoms with van der Waals surface area (Å²) < 4.78 is 28.2. The molecular weight excluding hydrogens is 536 g/mol. The molecule has 39 heavy (non-hydrogen) atoms. The fraction of sp³-hybridized carbons (Fsp3) is 0.143. The van der Waals surface area contributed by atoms with E-state index >= 15 is 0 Å². The molecule has 2 heterocycles. The first-order chi connectivity index (χ1) is 18.7. The maximum Gasteiger partial charge on any atom is 0.267 e. The Morgan fingerprint density at radius 1 is 1.00 bits per heavy atom. The fourth-order valence-electron chi connectivity index (χ4n) is 4.28. The first-order valence-electron chi connectivity index (χ1n) is 12.0. The lowest BCUT2D eigenvalue weighted by atomic mass is 10.1. The molecule has 9 nitrogen and oxygen atoms in total. The number of nitrogens with one attached hydrogen (secondary N) is 1. The van der Waals surface area contributed by atoms with Crippen LogP contribution in [-0.2, 0) is 10.0 Å². The number of rotatable bonds is 7. The van der Waals surface area contributed by atoms with Gasteiger partial charge in [0.25, 0.3) is 5.56 Å². The summed E-state index contributed by atoms with van der Waals surface area (Å²) in [6, 6.07) is 20.5.